The Morgan fingerprint density at radius 1 is 1.60 bits per heavy atom. The standard InChI is InChI=1S/C10H12N2O2S/c13-8-3-1-2-7(4-8)12-10(14)9-5-15-6-11-9/h1-4,9,11,13H,5-6H2,(H,12,14). The molecule has 1 heterocycles. The molecular formula is C10H12N2O2S. The van der Waals surface area contributed by atoms with Crippen LogP contribution < -0.4 is 10.6 Å². The van der Waals surface area contributed by atoms with E-state index in [2.05, 4.69) is 10.6 Å². The van der Waals surface area contributed by atoms with Crippen molar-refractivity contribution in [1.82, 2.24) is 5.32 Å². The van der Waals surface area contributed by atoms with E-state index < -0.39 is 0 Å². The summed E-state index contributed by atoms with van der Waals surface area (Å²) < 4.78 is 0. The summed E-state index contributed by atoms with van der Waals surface area (Å²) in [7, 11) is 0. The average molecular weight is 224 g/mol. The zero-order valence-corrected chi connectivity index (χ0v) is 8.88. The number of aromatic hydroxyl groups is 1. The van der Waals surface area contributed by atoms with Crippen LogP contribution in [0.25, 0.3) is 0 Å². The van der Waals surface area contributed by atoms with Gasteiger partial charge in [0.15, 0.2) is 0 Å². The van der Waals surface area contributed by atoms with Gasteiger partial charge in [0.25, 0.3) is 0 Å². The van der Waals surface area contributed by atoms with E-state index in [1.54, 1.807) is 30.0 Å². The fourth-order valence-corrected chi connectivity index (χ4v) is 2.32. The second-order valence-corrected chi connectivity index (χ2v) is 4.34. The van der Waals surface area contributed by atoms with Crippen LogP contribution in [0.2, 0.25) is 0 Å². The predicted octanol–water partition coefficient (Wildman–Crippen LogP) is 0.993. The zero-order valence-electron chi connectivity index (χ0n) is 8.06. The number of carbonyl (C=O) groups is 1. The van der Waals surface area contributed by atoms with Crippen LogP contribution in [0.5, 0.6) is 5.75 Å². The summed E-state index contributed by atoms with van der Waals surface area (Å²) in [5.74, 6) is 1.72. The van der Waals surface area contributed by atoms with Crippen LogP contribution in [0.4, 0.5) is 5.69 Å². The van der Waals surface area contributed by atoms with E-state index in [0.29, 0.717) is 5.69 Å². The van der Waals surface area contributed by atoms with Gasteiger partial charge in [-0.2, -0.15) is 0 Å². The van der Waals surface area contributed by atoms with Crippen molar-refractivity contribution in [2.24, 2.45) is 0 Å². The number of amides is 1. The number of hydrogen-bond donors (Lipinski definition) is 3. The van der Waals surface area contributed by atoms with Gasteiger partial charge in [-0.05, 0) is 12.1 Å². The summed E-state index contributed by atoms with van der Waals surface area (Å²) in [6.07, 6.45) is 0. The van der Waals surface area contributed by atoms with Crippen molar-refractivity contribution in [3.05, 3.63) is 24.3 Å². The molecule has 0 aliphatic carbocycles. The largest absolute Gasteiger partial charge is 0.508 e. The van der Waals surface area contributed by atoms with E-state index in [0.717, 1.165) is 11.6 Å². The molecule has 0 bridgehead atoms. The molecule has 0 aromatic heterocycles. The summed E-state index contributed by atoms with van der Waals surface area (Å²) >= 11 is 1.70. The van der Waals surface area contributed by atoms with Crippen molar-refractivity contribution in [3.63, 3.8) is 0 Å². The third-order valence-electron chi connectivity index (χ3n) is 2.15. The van der Waals surface area contributed by atoms with Crippen LogP contribution in [0.15, 0.2) is 24.3 Å². The Kier molecular flexibility index (Phi) is 3.13. The highest BCUT2D eigenvalue weighted by Crippen LogP contribution is 2.17. The first-order chi connectivity index (χ1) is 7.25. The van der Waals surface area contributed by atoms with Gasteiger partial charge in [0.05, 0.1) is 6.04 Å². The third kappa shape index (κ3) is 2.64. The van der Waals surface area contributed by atoms with Gasteiger partial charge >= 0.3 is 0 Å². The van der Waals surface area contributed by atoms with E-state index >= 15 is 0 Å². The number of anilines is 1. The normalized spacial score (nSPS) is 20.1. The lowest BCUT2D eigenvalue weighted by atomic mass is 10.2. The van der Waals surface area contributed by atoms with Crippen LogP contribution in [0.1, 0.15) is 0 Å². The Morgan fingerprint density at radius 3 is 3.13 bits per heavy atom. The fourth-order valence-electron chi connectivity index (χ4n) is 1.38. The molecule has 1 unspecified atom stereocenters. The lowest BCUT2D eigenvalue weighted by Gasteiger charge is -2.10. The van der Waals surface area contributed by atoms with Crippen molar-refractivity contribution in [3.8, 4) is 5.75 Å². The Morgan fingerprint density at radius 2 is 2.47 bits per heavy atom. The van der Waals surface area contributed by atoms with Crippen LogP contribution in [0, 0.1) is 0 Å². The number of phenolic OH excluding ortho intramolecular Hbond substituents is 1. The summed E-state index contributed by atoms with van der Waals surface area (Å²) in [5.41, 5.74) is 0.624. The molecule has 0 saturated carbocycles. The van der Waals surface area contributed by atoms with Crippen molar-refractivity contribution >= 4 is 23.4 Å². The van der Waals surface area contributed by atoms with Crippen LogP contribution in [-0.4, -0.2) is 28.7 Å². The minimum Gasteiger partial charge on any atom is -0.508 e. The molecule has 1 amide bonds. The number of benzene rings is 1. The maximum Gasteiger partial charge on any atom is 0.242 e. The maximum absolute atomic E-state index is 11.7. The van der Waals surface area contributed by atoms with Crippen molar-refractivity contribution in [2.75, 3.05) is 16.9 Å². The highest BCUT2D eigenvalue weighted by molar-refractivity contribution is 7.99. The maximum atomic E-state index is 11.7. The lowest BCUT2D eigenvalue weighted by Crippen LogP contribution is -2.37. The highest BCUT2D eigenvalue weighted by atomic mass is 32.2. The molecule has 1 aliphatic heterocycles. The molecule has 15 heavy (non-hydrogen) atoms. The predicted molar refractivity (Wildman–Crippen MR) is 61.0 cm³/mol. The Hall–Kier alpha value is -1.20. The summed E-state index contributed by atoms with van der Waals surface area (Å²) in [6, 6.07) is 6.42. The molecule has 2 rings (SSSR count). The van der Waals surface area contributed by atoms with Gasteiger partial charge in [0, 0.05) is 23.4 Å². The van der Waals surface area contributed by atoms with Crippen LogP contribution >= 0.6 is 11.8 Å². The molecule has 1 aliphatic rings. The summed E-state index contributed by atoms with van der Waals surface area (Å²) in [5, 5.41) is 15.0. The molecule has 5 heteroatoms. The second kappa shape index (κ2) is 4.55. The smallest absolute Gasteiger partial charge is 0.242 e. The van der Waals surface area contributed by atoms with Gasteiger partial charge in [-0.3, -0.25) is 10.1 Å². The van der Waals surface area contributed by atoms with Crippen LogP contribution in [-0.2, 0) is 4.79 Å². The quantitative estimate of drug-likeness (QED) is 0.701. The van der Waals surface area contributed by atoms with E-state index in [1.165, 1.54) is 6.07 Å². The number of rotatable bonds is 2. The van der Waals surface area contributed by atoms with Crippen LogP contribution in [0.3, 0.4) is 0 Å². The number of phenols is 1. The van der Waals surface area contributed by atoms with E-state index in [-0.39, 0.29) is 17.7 Å². The first-order valence-corrected chi connectivity index (χ1v) is 5.82. The molecular weight excluding hydrogens is 212 g/mol. The molecule has 1 atom stereocenters. The van der Waals surface area contributed by atoms with Gasteiger partial charge in [0.1, 0.15) is 5.75 Å². The van der Waals surface area contributed by atoms with E-state index in [4.69, 9.17) is 0 Å². The molecule has 1 aromatic carbocycles. The van der Waals surface area contributed by atoms with Gasteiger partial charge in [0.2, 0.25) is 5.91 Å². The molecule has 4 nitrogen and oxygen atoms in total. The summed E-state index contributed by atoms with van der Waals surface area (Å²) in [4.78, 5) is 11.7. The van der Waals surface area contributed by atoms with Gasteiger partial charge in [-0.1, -0.05) is 6.07 Å². The highest BCUT2D eigenvalue weighted by Gasteiger charge is 2.22. The van der Waals surface area contributed by atoms with Gasteiger partial charge < -0.3 is 10.4 Å². The Bertz CT molecular complexity index is 364. The molecule has 3 N–H and O–H groups in total. The number of hydrogen-bond acceptors (Lipinski definition) is 4. The molecule has 0 spiro atoms. The third-order valence-corrected chi connectivity index (χ3v) is 3.09. The number of nitrogens with one attached hydrogen (secondary N) is 2. The van der Waals surface area contributed by atoms with Crippen molar-refractivity contribution < 1.29 is 9.90 Å². The first-order valence-electron chi connectivity index (χ1n) is 4.67. The minimum absolute atomic E-state index is 0.0504. The van der Waals surface area contributed by atoms with Crippen molar-refractivity contribution in [1.29, 1.82) is 0 Å². The first kappa shape index (κ1) is 10.3. The molecule has 0 radical (unpaired) electrons. The lowest BCUT2D eigenvalue weighted by molar-refractivity contribution is -0.117. The second-order valence-electron chi connectivity index (χ2n) is 3.31. The monoisotopic (exact) mass is 224 g/mol. The van der Waals surface area contributed by atoms with Crippen molar-refractivity contribution in [2.45, 2.75) is 6.04 Å². The van der Waals surface area contributed by atoms with E-state index in [1.807, 2.05) is 0 Å². The number of carbonyl (C=O) groups excluding carboxylic acids is 1. The summed E-state index contributed by atoms with van der Waals surface area (Å²) in [6.45, 7) is 0. The van der Waals surface area contributed by atoms with Gasteiger partial charge in [-0.15, -0.1) is 11.8 Å². The molecule has 1 saturated heterocycles. The SMILES string of the molecule is O=C(Nc1cccc(O)c1)C1CSCN1. The Balaban J connectivity index is 1.99. The number of thioether (sulfide) groups is 1. The Labute approximate surface area is 92.1 Å². The van der Waals surface area contributed by atoms with Gasteiger partial charge in [-0.25, -0.2) is 0 Å². The fraction of sp³-hybridized carbons (Fsp3) is 0.300. The average Bonchev–Trinajstić information content (AvgIpc) is 2.70. The van der Waals surface area contributed by atoms with E-state index in [9.17, 15) is 9.90 Å². The molecule has 1 aromatic rings. The minimum atomic E-state index is -0.127. The zero-order chi connectivity index (χ0) is 10.7. The topological polar surface area (TPSA) is 61.4 Å². The molecule has 1 fully saturated rings. The molecule has 80 valence electrons.